The van der Waals surface area contributed by atoms with E-state index in [1.807, 2.05) is 0 Å². The van der Waals surface area contributed by atoms with Crippen LogP contribution < -0.4 is 14.8 Å². The summed E-state index contributed by atoms with van der Waals surface area (Å²) in [5.41, 5.74) is 0. The molecule has 0 aliphatic heterocycles. The van der Waals surface area contributed by atoms with E-state index in [4.69, 9.17) is 9.47 Å². The van der Waals surface area contributed by atoms with Crippen molar-refractivity contribution in [1.29, 1.82) is 0 Å². The second-order valence-electron chi connectivity index (χ2n) is 4.73. The molecule has 0 saturated heterocycles. The third-order valence-corrected chi connectivity index (χ3v) is 3.03. The minimum Gasteiger partial charge on any atom is -0.497 e. The maximum Gasteiger partial charge on any atom is 0.257 e. The van der Waals surface area contributed by atoms with Crippen molar-refractivity contribution in [1.82, 2.24) is 5.32 Å². The number of hydrogen-bond acceptors (Lipinski definition) is 3. The molecule has 4 heteroatoms. The predicted molar refractivity (Wildman–Crippen MR) is 80.3 cm³/mol. The minimum atomic E-state index is -0.0729. The molecule has 0 fully saturated rings. The Hall–Kier alpha value is -1.71. The van der Waals surface area contributed by atoms with Crippen LogP contribution in [0.5, 0.6) is 11.5 Å². The molecule has 0 radical (unpaired) electrons. The third kappa shape index (κ3) is 7.02. The molecule has 1 aromatic carbocycles. The molecule has 0 aliphatic carbocycles. The standard InChI is InChI=1S/C16H25NO3/c1-3-4-5-6-7-12-17-16(18)13-20-15-10-8-14(19-2)9-11-15/h8-11H,3-7,12-13H2,1-2H3,(H,17,18). The van der Waals surface area contributed by atoms with E-state index in [1.165, 1.54) is 25.7 Å². The summed E-state index contributed by atoms with van der Waals surface area (Å²) in [5, 5.41) is 2.86. The van der Waals surface area contributed by atoms with Crippen LogP contribution in [0.4, 0.5) is 0 Å². The van der Waals surface area contributed by atoms with Crippen molar-refractivity contribution in [2.75, 3.05) is 20.3 Å². The highest BCUT2D eigenvalue weighted by Crippen LogP contribution is 2.16. The van der Waals surface area contributed by atoms with Gasteiger partial charge in [0.2, 0.25) is 0 Å². The summed E-state index contributed by atoms with van der Waals surface area (Å²) >= 11 is 0. The van der Waals surface area contributed by atoms with Crippen LogP contribution >= 0.6 is 0 Å². The number of ether oxygens (including phenoxy) is 2. The molecule has 0 spiro atoms. The van der Waals surface area contributed by atoms with Gasteiger partial charge in [-0.05, 0) is 30.7 Å². The maximum atomic E-state index is 11.6. The molecule has 20 heavy (non-hydrogen) atoms. The fourth-order valence-electron chi connectivity index (χ4n) is 1.83. The Kier molecular flexibility index (Phi) is 8.27. The monoisotopic (exact) mass is 279 g/mol. The number of unbranched alkanes of at least 4 members (excludes halogenated alkanes) is 4. The van der Waals surface area contributed by atoms with E-state index in [0.717, 1.165) is 18.7 Å². The van der Waals surface area contributed by atoms with Gasteiger partial charge < -0.3 is 14.8 Å². The van der Waals surface area contributed by atoms with Crippen LogP contribution in [0, 0.1) is 0 Å². The van der Waals surface area contributed by atoms with Gasteiger partial charge in [-0.2, -0.15) is 0 Å². The SMILES string of the molecule is CCCCCCCNC(=O)COc1ccc(OC)cc1. The van der Waals surface area contributed by atoms with Gasteiger partial charge in [-0.1, -0.05) is 32.6 Å². The average molecular weight is 279 g/mol. The number of amides is 1. The van der Waals surface area contributed by atoms with Crippen LogP contribution in [0.25, 0.3) is 0 Å². The van der Waals surface area contributed by atoms with Crippen LogP contribution in [-0.2, 0) is 4.79 Å². The van der Waals surface area contributed by atoms with E-state index < -0.39 is 0 Å². The molecule has 1 amide bonds. The zero-order valence-corrected chi connectivity index (χ0v) is 12.5. The highest BCUT2D eigenvalue weighted by Gasteiger charge is 2.02. The number of nitrogens with one attached hydrogen (secondary N) is 1. The number of hydrogen-bond donors (Lipinski definition) is 1. The van der Waals surface area contributed by atoms with E-state index in [-0.39, 0.29) is 12.5 Å². The van der Waals surface area contributed by atoms with Crippen molar-refractivity contribution in [2.45, 2.75) is 39.0 Å². The minimum absolute atomic E-state index is 0.0568. The lowest BCUT2D eigenvalue weighted by molar-refractivity contribution is -0.123. The third-order valence-electron chi connectivity index (χ3n) is 3.03. The van der Waals surface area contributed by atoms with Crippen molar-refractivity contribution in [3.05, 3.63) is 24.3 Å². The van der Waals surface area contributed by atoms with E-state index in [9.17, 15) is 4.79 Å². The van der Waals surface area contributed by atoms with Crippen molar-refractivity contribution in [2.24, 2.45) is 0 Å². The first kappa shape index (κ1) is 16.3. The van der Waals surface area contributed by atoms with E-state index in [2.05, 4.69) is 12.2 Å². The molecule has 0 atom stereocenters. The van der Waals surface area contributed by atoms with Crippen LogP contribution in [0.2, 0.25) is 0 Å². The molecule has 0 bridgehead atoms. The normalized spacial score (nSPS) is 10.1. The summed E-state index contributed by atoms with van der Waals surface area (Å²) in [5.74, 6) is 1.37. The zero-order chi connectivity index (χ0) is 14.6. The smallest absolute Gasteiger partial charge is 0.257 e. The van der Waals surface area contributed by atoms with Gasteiger partial charge in [0.05, 0.1) is 7.11 Å². The number of benzene rings is 1. The number of carbonyl (C=O) groups is 1. The molecule has 4 nitrogen and oxygen atoms in total. The first-order valence-corrected chi connectivity index (χ1v) is 7.29. The van der Waals surface area contributed by atoms with E-state index in [0.29, 0.717) is 5.75 Å². The van der Waals surface area contributed by atoms with Crippen LogP contribution in [0.15, 0.2) is 24.3 Å². The maximum absolute atomic E-state index is 11.6. The van der Waals surface area contributed by atoms with Gasteiger partial charge in [0, 0.05) is 6.54 Å². The molecule has 0 aromatic heterocycles. The Morgan fingerprint density at radius 1 is 1.05 bits per heavy atom. The van der Waals surface area contributed by atoms with Crippen molar-refractivity contribution >= 4 is 5.91 Å². The Morgan fingerprint density at radius 2 is 1.70 bits per heavy atom. The molecule has 112 valence electrons. The van der Waals surface area contributed by atoms with Crippen LogP contribution in [-0.4, -0.2) is 26.2 Å². The fraction of sp³-hybridized carbons (Fsp3) is 0.562. The molecule has 0 unspecified atom stereocenters. The summed E-state index contributed by atoms with van der Waals surface area (Å²) in [7, 11) is 1.61. The van der Waals surface area contributed by atoms with Gasteiger partial charge in [-0.3, -0.25) is 4.79 Å². The summed E-state index contributed by atoms with van der Waals surface area (Å²) in [6, 6.07) is 7.19. The summed E-state index contributed by atoms with van der Waals surface area (Å²) in [6.07, 6.45) is 5.97. The lowest BCUT2D eigenvalue weighted by Crippen LogP contribution is -2.29. The zero-order valence-electron chi connectivity index (χ0n) is 12.5. The van der Waals surface area contributed by atoms with E-state index in [1.54, 1.807) is 31.4 Å². The molecule has 1 rings (SSSR count). The van der Waals surface area contributed by atoms with Gasteiger partial charge in [0.1, 0.15) is 11.5 Å². The summed E-state index contributed by atoms with van der Waals surface area (Å²) < 4.78 is 10.4. The van der Waals surface area contributed by atoms with Crippen LogP contribution in [0.1, 0.15) is 39.0 Å². The van der Waals surface area contributed by atoms with Gasteiger partial charge in [0.25, 0.3) is 5.91 Å². The second kappa shape index (κ2) is 10.1. The number of methoxy groups -OCH3 is 1. The molecule has 0 heterocycles. The first-order chi connectivity index (χ1) is 9.76. The molecular weight excluding hydrogens is 254 g/mol. The Morgan fingerprint density at radius 3 is 2.35 bits per heavy atom. The highest BCUT2D eigenvalue weighted by molar-refractivity contribution is 5.77. The Bertz CT molecular complexity index is 376. The Balaban J connectivity index is 2.10. The second-order valence-corrected chi connectivity index (χ2v) is 4.73. The number of carbonyl (C=O) groups excluding carboxylic acids is 1. The van der Waals surface area contributed by atoms with Gasteiger partial charge in [-0.25, -0.2) is 0 Å². The number of rotatable bonds is 10. The van der Waals surface area contributed by atoms with Crippen LogP contribution in [0.3, 0.4) is 0 Å². The first-order valence-electron chi connectivity index (χ1n) is 7.29. The molecular formula is C16H25NO3. The van der Waals surface area contributed by atoms with E-state index >= 15 is 0 Å². The lowest BCUT2D eigenvalue weighted by Gasteiger charge is -2.08. The largest absolute Gasteiger partial charge is 0.497 e. The average Bonchev–Trinajstić information content (AvgIpc) is 2.49. The highest BCUT2D eigenvalue weighted by atomic mass is 16.5. The molecule has 1 N–H and O–H groups in total. The molecule has 1 aromatic rings. The predicted octanol–water partition coefficient (Wildman–Crippen LogP) is 3.16. The van der Waals surface area contributed by atoms with Gasteiger partial charge >= 0.3 is 0 Å². The van der Waals surface area contributed by atoms with Crippen molar-refractivity contribution < 1.29 is 14.3 Å². The Labute approximate surface area is 121 Å². The fourth-order valence-corrected chi connectivity index (χ4v) is 1.83. The van der Waals surface area contributed by atoms with Crippen molar-refractivity contribution in [3.63, 3.8) is 0 Å². The van der Waals surface area contributed by atoms with Crippen molar-refractivity contribution in [3.8, 4) is 11.5 Å². The topological polar surface area (TPSA) is 47.6 Å². The summed E-state index contributed by atoms with van der Waals surface area (Å²) in [6.45, 7) is 2.98. The quantitative estimate of drug-likeness (QED) is 0.669. The summed E-state index contributed by atoms with van der Waals surface area (Å²) in [4.78, 5) is 11.6. The van der Waals surface area contributed by atoms with Gasteiger partial charge in [0.15, 0.2) is 6.61 Å². The lowest BCUT2D eigenvalue weighted by atomic mass is 10.1. The molecule has 0 aliphatic rings. The van der Waals surface area contributed by atoms with Gasteiger partial charge in [-0.15, -0.1) is 0 Å². The molecule has 0 saturated carbocycles.